The molecule has 0 saturated heterocycles. The van der Waals surface area contributed by atoms with Crippen molar-refractivity contribution in [3.63, 3.8) is 0 Å². The Kier molecular flexibility index (Phi) is 3.91. The molecule has 0 fully saturated rings. The van der Waals surface area contributed by atoms with Crippen LogP contribution in [0.15, 0.2) is 24.0 Å². The lowest BCUT2D eigenvalue weighted by atomic mass is 10.1. The zero-order chi connectivity index (χ0) is 11.3. The zero-order valence-electron chi connectivity index (χ0n) is 8.73. The third kappa shape index (κ3) is 3.84. The van der Waals surface area contributed by atoms with Gasteiger partial charge in [-0.2, -0.15) is 0 Å². The first kappa shape index (κ1) is 11.3. The molecule has 0 aromatic rings. The number of carbonyl (C=O) groups is 2. The van der Waals surface area contributed by atoms with E-state index < -0.39 is 11.9 Å². The average Bonchev–Trinajstić information content (AvgIpc) is 2.17. The maximum absolute atomic E-state index is 11.4. The van der Waals surface area contributed by atoms with Crippen molar-refractivity contribution in [1.82, 2.24) is 4.90 Å². The number of nitrogens with zero attached hydrogens (tertiary/aromatic N) is 1. The second-order valence-corrected chi connectivity index (χ2v) is 3.09. The number of carbonyl (C=O) groups excluding carboxylic acids is 2. The van der Waals surface area contributed by atoms with Crippen LogP contribution in [0.2, 0.25) is 0 Å². The van der Waals surface area contributed by atoms with Crippen LogP contribution in [0.3, 0.4) is 0 Å². The Labute approximate surface area is 87.9 Å². The van der Waals surface area contributed by atoms with Crippen molar-refractivity contribution in [2.24, 2.45) is 0 Å². The van der Waals surface area contributed by atoms with Crippen LogP contribution in [0.1, 0.15) is 13.3 Å². The summed E-state index contributed by atoms with van der Waals surface area (Å²) in [5.41, 5.74) is 0.534. The molecule has 1 heterocycles. The summed E-state index contributed by atoms with van der Waals surface area (Å²) >= 11 is 0. The van der Waals surface area contributed by atoms with Crippen molar-refractivity contribution in [2.45, 2.75) is 13.3 Å². The second kappa shape index (κ2) is 5.19. The van der Waals surface area contributed by atoms with Crippen LogP contribution in [0.25, 0.3) is 0 Å². The lowest BCUT2D eigenvalue weighted by Crippen LogP contribution is -2.16. The highest BCUT2D eigenvalue weighted by Crippen LogP contribution is 2.11. The van der Waals surface area contributed by atoms with E-state index in [9.17, 15) is 9.59 Å². The molecule has 0 spiro atoms. The van der Waals surface area contributed by atoms with Gasteiger partial charge in [0.25, 0.3) is 0 Å². The summed E-state index contributed by atoms with van der Waals surface area (Å²) in [5, 5.41) is 0. The van der Waals surface area contributed by atoms with Gasteiger partial charge < -0.3 is 14.4 Å². The van der Waals surface area contributed by atoms with E-state index in [4.69, 9.17) is 4.74 Å². The van der Waals surface area contributed by atoms with Crippen molar-refractivity contribution in [2.75, 3.05) is 13.8 Å². The van der Waals surface area contributed by atoms with Gasteiger partial charge in [-0.15, -0.1) is 0 Å². The molecule has 0 N–H and O–H groups in total. The minimum atomic E-state index is -0.475. The Hall–Kier alpha value is -1.78. The van der Waals surface area contributed by atoms with Crippen LogP contribution >= 0.6 is 0 Å². The highest BCUT2D eigenvalue weighted by molar-refractivity contribution is 5.88. The quantitative estimate of drug-likeness (QED) is 0.510. The van der Waals surface area contributed by atoms with Crippen molar-refractivity contribution >= 4 is 11.9 Å². The van der Waals surface area contributed by atoms with Crippen LogP contribution in [0.5, 0.6) is 0 Å². The van der Waals surface area contributed by atoms with Crippen molar-refractivity contribution in [1.29, 1.82) is 0 Å². The summed E-state index contributed by atoms with van der Waals surface area (Å²) in [6.07, 6.45) is 5.91. The van der Waals surface area contributed by atoms with E-state index in [1.807, 2.05) is 19.3 Å². The van der Waals surface area contributed by atoms with E-state index in [0.717, 1.165) is 0 Å². The molecule has 0 aromatic carbocycles. The highest BCUT2D eigenvalue weighted by atomic mass is 16.7. The normalized spacial score (nSPS) is 14.5. The molecule has 0 radical (unpaired) electrons. The van der Waals surface area contributed by atoms with Gasteiger partial charge in [-0.05, 0) is 6.20 Å². The Morgan fingerprint density at radius 3 is 2.80 bits per heavy atom. The molecule has 1 aliphatic rings. The topological polar surface area (TPSA) is 55.8 Å². The molecule has 0 unspecified atom stereocenters. The molecule has 5 nitrogen and oxygen atoms in total. The van der Waals surface area contributed by atoms with Gasteiger partial charge in [0.05, 0.1) is 5.57 Å². The molecule has 0 aromatic heterocycles. The van der Waals surface area contributed by atoms with E-state index in [-0.39, 0.29) is 6.79 Å². The van der Waals surface area contributed by atoms with Crippen LogP contribution in [-0.4, -0.2) is 30.7 Å². The first-order valence-corrected chi connectivity index (χ1v) is 4.49. The van der Waals surface area contributed by atoms with Crippen LogP contribution in [-0.2, 0) is 19.1 Å². The maximum atomic E-state index is 11.4. The van der Waals surface area contributed by atoms with Crippen molar-refractivity contribution in [3.8, 4) is 0 Å². The van der Waals surface area contributed by atoms with E-state index in [1.165, 1.54) is 6.92 Å². The van der Waals surface area contributed by atoms with Gasteiger partial charge in [-0.1, -0.05) is 6.08 Å². The molecule has 0 atom stereocenters. The smallest absolute Gasteiger partial charge is 0.338 e. The molecule has 1 aliphatic heterocycles. The summed E-state index contributed by atoms with van der Waals surface area (Å²) in [6.45, 7) is 0.920. The molecule has 5 heteroatoms. The lowest BCUT2D eigenvalue weighted by Gasteiger charge is -2.15. The Morgan fingerprint density at radius 2 is 2.20 bits per heavy atom. The minimum absolute atomic E-state index is 0.334. The fourth-order valence-electron chi connectivity index (χ4n) is 1.08. The predicted molar refractivity (Wildman–Crippen MR) is 52.3 cm³/mol. The molecule has 82 valence electrons. The van der Waals surface area contributed by atoms with Crippen molar-refractivity contribution in [3.05, 3.63) is 24.0 Å². The fourth-order valence-corrected chi connectivity index (χ4v) is 1.08. The fraction of sp³-hybridized carbons (Fsp3) is 0.400. The summed E-state index contributed by atoms with van der Waals surface area (Å²) < 4.78 is 9.22. The van der Waals surface area contributed by atoms with Gasteiger partial charge in [0.2, 0.25) is 6.79 Å². The molecule has 0 aliphatic carbocycles. The van der Waals surface area contributed by atoms with Gasteiger partial charge >= 0.3 is 11.9 Å². The molecule has 0 amide bonds. The molecule has 0 bridgehead atoms. The van der Waals surface area contributed by atoms with E-state index in [2.05, 4.69) is 4.74 Å². The molecule has 1 rings (SSSR count). The molecular formula is C10H13NO4. The maximum Gasteiger partial charge on any atom is 0.338 e. The number of allylic oxidation sites excluding steroid dienone is 1. The van der Waals surface area contributed by atoms with E-state index in [0.29, 0.717) is 12.0 Å². The van der Waals surface area contributed by atoms with Crippen molar-refractivity contribution < 1.29 is 19.1 Å². The van der Waals surface area contributed by atoms with E-state index in [1.54, 1.807) is 11.1 Å². The number of esters is 2. The van der Waals surface area contributed by atoms with Gasteiger partial charge in [0.15, 0.2) is 0 Å². The molecule has 15 heavy (non-hydrogen) atoms. The predicted octanol–water partition coefficient (Wildman–Crippen LogP) is 0.783. The summed E-state index contributed by atoms with van der Waals surface area (Å²) in [6, 6.07) is 0. The number of hydrogen-bond donors (Lipinski definition) is 0. The van der Waals surface area contributed by atoms with Gasteiger partial charge in [-0.25, -0.2) is 4.79 Å². The van der Waals surface area contributed by atoms with Gasteiger partial charge in [-0.3, -0.25) is 4.79 Å². The van der Waals surface area contributed by atoms with Crippen LogP contribution in [0, 0.1) is 0 Å². The van der Waals surface area contributed by atoms with Crippen LogP contribution in [0.4, 0.5) is 0 Å². The monoisotopic (exact) mass is 211 g/mol. The SMILES string of the molecule is CC(=O)OCOC(=O)C1=CN(C)C=CC1. The summed E-state index contributed by atoms with van der Waals surface area (Å²) in [4.78, 5) is 23.5. The standard InChI is InChI=1S/C10H13NO4/c1-8(12)14-7-15-10(13)9-4-3-5-11(2)6-9/h3,5-6H,4,7H2,1-2H3. The minimum Gasteiger partial charge on any atom is -0.428 e. The Bertz CT molecular complexity index is 319. The molecule has 0 saturated carbocycles. The lowest BCUT2D eigenvalue weighted by molar-refractivity contribution is -0.163. The van der Waals surface area contributed by atoms with Crippen LogP contribution < -0.4 is 0 Å². The average molecular weight is 211 g/mol. The zero-order valence-corrected chi connectivity index (χ0v) is 8.73. The van der Waals surface area contributed by atoms with Gasteiger partial charge in [0.1, 0.15) is 0 Å². The largest absolute Gasteiger partial charge is 0.428 e. The highest BCUT2D eigenvalue weighted by Gasteiger charge is 2.13. The first-order valence-electron chi connectivity index (χ1n) is 4.49. The first-order chi connectivity index (χ1) is 7.09. The third-order valence-corrected chi connectivity index (χ3v) is 1.75. The van der Waals surface area contributed by atoms with E-state index >= 15 is 0 Å². The second-order valence-electron chi connectivity index (χ2n) is 3.09. The number of ether oxygens (including phenoxy) is 2. The summed E-state index contributed by atoms with van der Waals surface area (Å²) in [7, 11) is 1.81. The Balaban J connectivity index is 2.37. The number of hydrogen-bond acceptors (Lipinski definition) is 5. The number of rotatable bonds is 3. The third-order valence-electron chi connectivity index (χ3n) is 1.75. The summed E-state index contributed by atoms with van der Waals surface area (Å²) in [5.74, 6) is -0.940. The molecular weight excluding hydrogens is 198 g/mol. The van der Waals surface area contributed by atoms with Gasteiger partial charge in [0, 0.05) is 26.6 Å². The Morgan fingerprint density at radius 1 is 1.47 bits per heavy atom.